The van der Waals surface area contributed by atoms with E-state index in [2.05, 4.69) is 41.8 Å². The van der Waals surface area contributed by atoms with Crippen molar-refractivity contribution < 1.29 is 18.3 Å². The van der Waals surface area contributed by atoms with Crippen molar-refractivity contribution in [3.63, 3.8) is 0 Å². The van der Waals surface area contributed by atoms with Crippen molar-refractivity contribution in [2.24, 2.45) is 0 Å². The van der Waals surface area contributed by atoms with Crippen LogP contribution in [0, 0.1) is 11.6 Å². The lowest BCUT2D eigenvalue weighted by Crippen LogP contribution is -2.04. The van der Waals surface area contributed by atoms with Gasteiger partial charge in [0.15, 0.2) is 5.69 Å². The Bertz CT molecular complexity index is 879. The zero-order chi connectivity index (χ0) is 18.6. The number of ether oxygens (including phenoxy) is 1. The molecular formula is C15H12Br2F2N4O2. The number of hydrogen-bond acceptors (Lipinski definition) is 5. The number of nitrogens with zero attached hydrogens (tertiary/aromatic N) is 3. The van der Waals surface area contributed by atoms with Gasteiger partial charge >= 0.3 is 5.97 Å². The van der Waals surface area contributed by atoms with Gasteiger partial charge in [-0.05, 0) is 38.8 Å². The topological polar surface area (TPSA) is 82.5 Å². The summed E-state index contributed by atoms with van der Waals surface area (Å²) >= 11 is 5.99. The summed E-state index contributed by atoms with van der Waals surface area (Å²) in [5.41, 5.74) is 5.69. The van der Waals surface area contributed by atoms with Gasteiger partial charge in [-0.15, -0.1) is 0 Å². The highest BCUT2D eigenvalue weighted by atomic mass is 79.9. The van der Waals surface area contributed by atoms with Crippen LogP contribution in [-0.2, 0) is 4.74 Å². The molecule has 0 saturated carbocycles. The molecule has 0 unspecified atom stereocenters. The molecule has 0 aromatic carbocycles. The number of rotatable bonds is 2. The fourth-order valence-corrected chi connectivity index (χ4v) is 2.27. The monoisotopic (exact) mass is 476 g/mol. The molecule has 0 amide bonds. The van der Waals surface area contributed by atoms with Gasteiger partial charge in [0.25, 0.3) is 0 Å². The second-order valence-corrected chi connectivity index (χ2v) is 6.31. The summed E-state index contributed by atoms with van der Waals surface area (Å²) < 4.78 is 32.6. The zero-order valence-corrected chi connectivity index (χ0v) is 16.0. The highest BCUT2D eigenvalue weighted by Gasteiger charge is 2.12. The molecule has 2 N–H and O–H groups in total. The molecule has 6 nitrogen and oxygen atoms in total. The van der Waals surface area contributed by atoms with Crippen LogP contribution in [0.4, 0.5) is 14.6 Å². The van der Waals surface area contributed by atoms with Crippen LogP contribution in [0.15, 0.2) is 39.7 Å². The standard InChI is InChI=1S/C10H8BrFN2O2.C5H4BrFN2/c1-2-16-10(15)8-5-14-4-6(11)7(12)3-9(14)13-8;6-3-2-9-5(8)1-4(3)7/h3-5H,2H2,1H3;1-2H,(H2,8,9). The summed E-state index contributed by atoms with van der Waals surface area (Å²) in [6.45, 7) is 1.99. The number of fused-ring (bicyclic) bond motifs is 1. The first-order valence-electron chi connectivity index (χ1n) is 6.89. The first-order valence-corrected chi connectivity index (χ1v) is 8.47. The molecule has 3 rings (SSSR count). The van der Waals surface area contributed by atoms with Crippen LogP contribution in [0.5, 0.6) is 0 Å². The molecule has 0 aliphatic heterocycles. The van der Waals surface area contributed by atoms with Crippen LogP contribution in [-0.4, -0.2) is 26.9 Å². The minimum absolute atomic E-state index is 0.166. The van der Waals surface area contributed by atoms with Gasteiger partial charge < -0.3 is 14.9 Å². The van der Waals surface area contributed by atoms with Crippen molar-refractivity contribution in [3.8, 4) is 0 Å². The van der Waals surface area contributed by atoms with E-state index in [0.717, 1.165) is 6.07 Å². The molecule has 0 radical (unpaired) electrons. The summed E-state index contributed by atoms with van der Waals surface area (Å²) in [6, 6.07) is 2.40. The fourth-order valence-electron chi connectivity index (χ4n) is 1.72. The Balaban J connectivity index is 0.000000212. The second kappa shape index (κ2) is 8.34. The predicted molar refractivity (Wildman–Crippen MR) is 95.1 cm³/mol. The molecule has 0 fully saturated rings. The van der Waals surface area contributed by atoms with E-state index in [1.165, 1.54) is 24.7 Å². The first-order chi connectivity index (χ1) is 11.8. The third kappa shape index (κ3) is 4.95. The number of anilines is 1. The van der Waals surface area contributed by atoms with E-state index in [0.29, 0.717) is 14.6 Å². The molecule has 3 aromatic heterocycles. The molecule has 0 aliphatic carbocycles. The molecule has 132 valence electrons. The quantitative estimate of drug-likeness (QED) is 0.564. The van der Waals surface area contributed by atoms with Gasteiger partial charge in [-0.1, -0.05) is 0 Å². The zero-order valence-electron chi connectivity index (χ0n) is 12.8. The van der Waals surface area contributed by atoms with Gasteiger partial charge in [0, 0.05) is 30.7 Å². The van der Waals surface area contributed by atoms with Crippen molar-refractivity contribution in [2.75, 3.05) is 12.3 Å². The van der Waals surface area contributed by atoms with Crippen LogP contribution in [0.2, 0.25) is 0 Å². The molecule has 0 bridgehead atoms. The first kappa shape index (κ1) is 19.3. The minimum atomic E-state index is -0.511. The van der Waals surface area contributed by atoms with E-state index in [1.807, 2.05) is 0 Å². The summed E-state index contributed by atoms with van der Waals surface area (Å²) in [5, 5.41) is 0. The summed E-state index contributed by atoms with van der Waals surface area (Å²) in [7, 11) is 0. The van der Waals surface area contributed by atoms with E-state index < -0.39 is 11.8 Å². The molecule has 3 heterocycles. The Labute approximate surface area is 158 Å². The van der Waals surface area contributed by atoms with E-state index in [9.17, 15) is 13.6 Å². The third-order valence-electron chi connectivity index (χ3n) is 2.81. The lowest BCUT2D eigenvalue weighted by molar-refractivity contribution is 0.0520. The van der Waals surface area contributed by atoms with Crippen LogP contribution in [0.1, 0.15) is 17.4 Å². The highest BCUT2D eigenvalue weighted by Crippen LogP contribution is 2.17. The molecule has 0 saturated heterocycles. The van der Waals surface area contributed by atoms with Crippen molar-refractivity contribution in [3.05, 3.63) is 57.0 Å². The van der Waals surface area contributed by atoms with Crippen LogP contribution in [0.25, 0.3) is 5.65 Å². The molecular weight excluding hydrogens is 466 g/mol. The van der Waals surface area contributed by atoms with E-state index in [-0.39, 0.29) is 23.9 Å². The number of hydrogen-bond donors (Lipinski definition) is 1. The van der Waals surface area contributed by atoms with Gasteiger partial charge in [-0.2, -0.15) is 0 Å². The predicted octanol–water partition coefficient (Wildman–Crippen LogP) is 3.98. The number of carbonyl (C=O) groups excluding carboxylic acids is 1. The maximum absolute atomic E-state index is 13.2. The lowest BCUT2D eigenvalue weighted by Gasteiger charge is -1.95. The van der Waals surface area contributed by atoms with Crippen LogP contribution in [0.3, 0.4) is 0 Å². The number of nitrogen functional groups attached to an aromatic ring is 1. The second-order valence-electron chi connectivity index (χ2n) is 4.60. The Morgan fingerprint density at radius 3 is 2.52 bits per heavy atom. The molecule has 10 heteroatoms. The maximum Gasteiger partial charge on any atom is 0.358 e. The van der Waals surface area contributed by atoms with Crippen molar-refractivity contribution in [1.82, 2.24) is 14.4 Å². The fraction of sp³-hybridized carbons (Fsp3) is 0.133. The van der Waals surface area contributed by atoms with E-state index >= 15 is 0 Å². The smallest absolute Gasteiger partial charge is 0.358 e. The van der Waals surface area contributed by atoms with Gasteiger partial charge in [0.2, 0.25) is 0 Å². The molecule has 25 heavy (non-hydrogen) atoms. The number of nitrogens with two attached hydrogens (primary N) is 1. The number of imidazole rings is 1. The lowest BCUT2D eigenvalue weighted by atomic mass is 10.4. The van der Waals surface area contributed by atoms with Crippen molar-refractivity contribution in [1.29, 1.82) is 0 Å². The number of carbonyl (C=O) groups is 1. The average molecular weight is 478 g/mol. The van der Waals surface area contributed by atoms with E-state index in [4.69, 9.17) is 10.5 Å². The molecule has 0 atom stereocenters. The van der Waals surface area contributed by atoms with Crippen LogP contribution < -0.4 is 5.73 Å². The van der Waals surface area contributed by atoms with Gasteiger partial charge in [-0.3, -0.25) is 0 Å². The van der Waals surface area contributed by atoms with Gasteiger partial charge in [0.1, 0.15) is 23.1 Å². The largest absolute Gasteiger partial charge is 0.461 e. The highest BCUT2D eigenvalue weighted by molar-refractivity contribution is 9.10. The molecule has 0 spiro atoms. The molecule has 0 aliphatic rings. The minimum Gasteiger partial charge on any atom is -0.461 e. The van der Waals surface area contributed by atoms with Crippen LogP contribution >= 0.6 is 31.9 Å². The number of halogens is 4. The normalized spacial score (nSPS) is 10.3. The summed E-state index contributed by atoms with van der Waals surface area (Å²) in [4.78, 5) is 19.0. The Kier molecular flexibility index (Phi) is 6.43. The number of pyridine rings is 2. The molecule has 3 aromatic rings. The Morgan fingerprint density at radius 2 is 1.92 bits per heavy atom. The SMILES string of the molecule is CCOC(=O)c1cn2cc(Br)c(F)cc2n1.Nc1cc(F)c(Br)cn1. The third-order valence-corrected chi connectivity index (χ3v) is 3.98. The Morgan fingerprint density at radius 1 is 1.24 bits per heavy atom. The number of aromatic nitrogens is 3. The maximum atomic E-state index is 13.2. The Hall–Kier alpha value is -2.07. The summed E-state index contributed by atoms with van der Waals surface area (Å²) in [6.07, 6.45) is 4.32. The van der Waals surface area contributed by atoms with Crippen molar-refractivity contribution in [2.45, 2.75) is 6.92 Å². The number of esters is 1. The van der Waals surface area contributed by atoms with Gasteiger partial charge in [0.05, 0.1) is 15.6 Å². The summed E-state index contributed by atoms with van der Waals surface area (Å²) in [5.74, 6) is -1.13. The average Bonchev–Trinajstić information content (AvgIpc) is 2.95. The van der Waals surface area contributed by atoms with Gasteiger partial charge in [-0.25, -0.2) is 23.5 Å². The van der Waals surface area contributed by atoms with Crippen molar-refractivity contribution >= 4 is 49.3 Å². The van der Waals surface area contributed by atoms with E-state index in [1.54, 1.807) is 11.3 Å².